The summed E-state index contributed by atoms with van der Waals surface area (Å²) in [5.74, 6) is 0.605. The monoisotopic (exact) mass is 170 g/mol. The SMILES string of the molecule is CNc1nnc(CNC(C)C)o1. The van der Waals surface area contributed by atoms with Crippen molar-refractivity contribution in [3.63, 3.8) is 0 Å². The first-order valence-corrected chi connectivity index (χ1v) is 3.96. The van der Waals surface area contributed by atoms with Gasteiger partial charge in [0, 0.05) is 13.1 Å². The molecule has 5 nitrogen and oxygen atoms in total. The van der Waals surface area contributed by atoms with Crippen molar-refractivity contribution >= 4 is 6.01 Å². The van der Waals surface area contributed by atoms with Crippen LogP contribution in [0.15, 0.2) is 4.42 Å². The van der Waals surface area contributed by atoms with Crippen LogP contribution in [-0.2, 0) is 6.54 Å². The summed E-state index contributed by atoms with van der Waals surface area (Å²) in [7, 11) is 1.74. The van der Waals surface area contributed by atoms with E-state index in [9.17, 15) is 0 Å². The molecule has 0 aliphatic carbocycles. The fourth-order valence-electron chi connectivity index (χ4n) is 0.718. The molecule has 12 heavy (non-hydrogen) atoms. The molecular formula is C7H14N4O. The van der Waals surface area contributed by atoms with Crippen molar-refractivity contribution in [3.8, 4) is 0 Å². The van der Waals surface area contributed by atoms with E-state index in [-0.39, 0.29) is 0 Å². The van der Waals surface area contributed by atoms with Gasteiger partial charge >= 0.3 is 6.01 Å². The van der Waals surface area contributed by atoms with E-state index >= 15 is 0 Å². The number of rotatable bonds is 4. The molecule has 1 aromatic rings. The van der Waals surface area contributed by atoms with E-state index in [0.29, 0.717) is 24.5 Å². The van der Waals surface area contributed by atoms with Crippen LogP contribution in [0.5, 0.6) is 0 Å². The van der Waals surface area contributed by atoms with Gasteiger partial charge in [0.15, 0.2) is 0 Å². The standard InChI is InChI=1S/C7H14N4O/c1-5(2)9-4-6-10-11-7(8-3)12-6/h5,9H,4H2,1-3H3,(H,8,11). The Kier molecular flexibility index (Phi) is 3.04. The third-order valence-corrected chi connectivity index (χ3v) is 1.34. The number of aromatic nitrogens is 2. The summed E-state index contributed by atoms with van der Waals surface area (Å²) in [5, 5.41) is 13.5. The summed E-state index contributed by atoms with van der Waals surface area (Å²) >= 11 is 0. The lowest BCUT2D eigenvalue weighted by atomic mass is 10.4. The Bertz CT molecular complexity index is 233. The predicted octanol–water partition coefficient (Wildman–Crippen LogP) is 0.609. The van der Waals surface area contributed by atoms with Gasteiger partial charge in [0.2, 0.25) is 5.89 Å². The molecule has 1 aromatic heterocycles. The molecule has 0 amide bonds. The molecule has 0 radical (unpaired) electrons. The Morgan fingerprint density at radius 2 is 2.17 bits per heavy atom. The van der Waals surface area contributed by atoms with Gasteiger partial charge in [-0.15, -0.1) is 5.10 Å². The molecule has 0 saturated carbocycles. The molecule has 0 spiro atoms. The van der Waals surface area contributed by atoms with Gasteiger partial charge in [0.05, 0.1) is 6.54 Å². The molecule has 0 aliphatic rings. The lowest BCUT2D eigenvalue weighted by Crippen LogP contribution is -2.21. The molecule has 1 heterocycles. The largest absolute Gasteiger partial charge is 0.407 e. The van der Waals surface area contributed by atoms with Crippen LogP contribution in [0.1, 0.15) is 19.7 Å². The molecule has 0 fully saturated rings. The van der Waals surface area contributed by atoms with Crippen LogP contribution in [0.4, 0.5) is 6.01 Å². The minimum Gasteiger partial charge on any atom is -0.407 e. The van der Waals surface area contributed by atoms with E-state index in [1.807, 2.05) is 0 Å². The van der Waals surface area contributed by atoms with Crippen molar-refractivity contribution in [1.29, 1.82) is 0 Å². The van der Waals surface area contributed by atoms with Crippen LogP contribution in [0.2, 0.25) is 0 Å². The summed E-state index contributed by atoms with van der Waals surface area (Å²) < 4.78 is 5.19. The molecule has 0 atom stereocenters. The topological polar surface area (TPSA) is 63.0 Å². The van der Waals surface area contributed by atoms with Gasteiger partial charge in [0.1, 0.15) is 0 Å². The van der Waals surface area contributed by atoms with Gasteiger partial charge in [-0.3, -0.25) is 0 Å². The molecule has 0 bridgehead atoms. The Morgan fingerprint density at radius 3 is 2.67 bits per heavy atom. The van der Waals surface area contributed by atoms with E-state index in [4.69, 9.17) is 4.42 Å². The molecule has 68 valence electrons. The van der Waals surface area contributed by atoms with Crippen molar-refractivity contribution in [2.45, 2.75) is 26.4 Å². The van der Waals surface area contributed by atoms with Crippen molar-refractivity contribution in [3.05, 3.63) is 5.89 Å². The Labute approximate surface area is 71.6 Å². The van der Waals surface area contributed by atoms with Gasteiger partial charge in [-0.25, -0.2) is 0 Å². The minimum atomic E-state index is 0.426. The zero-order valence-electron chi connectivity index (χ0n) is 7.59. The second kappa shape index (κ2) is 4.06. The van der Waals surface area contributed by atoms with E-state index in [1.54, 1.807) is 7.05 Å². The number of hydrogen-bond acceptors (Lipinski definition) is 5. The lowest BCUT2D eigenvalue weighted by Gasteiger charge is -2.03. The van der Waals surface area contributed by atoms with Crippen LogP contribution in [-0.4, -0.2) is 23.3 Å². The fraction of sp³-hybridized carbons (Fsp3) is 0.714. The molecular weight excluding hydrogens is 156 g/mol. The van der Waals surface area contributed by atoms with Crippen molar-refractivity contribution in [2.24, 2.45) is 0 Å². The number of anilines is 1. The highest BCUT2D eigenvalue weighted by molar-refractivity contribution is 5.14. The normalized spacial score (nSPS) is 10.7. The molecule has 0 aromatic carbocycles. The van der Waals surface area contributed by atoms with Gasteiger partial charge < -0.3 is 15.1 Å². The van der Waals surface area contributed by atoms with Crippen LogP contribution < -0.4 is 10.6 Å². The van der Waals surface area contributed by atoms with E-state index in [1.165, 1.54) is 0 Å². The number of nitrogens with zero attached hydrogens (tertiary/aromatic N) is 2. The van der Waals surface area contributed by atoms with Gasteiger partial charge in [0.25, 0.3) is 0 Å². The molecule has 0 unspecified atom stereocenters. The average molecular weight is 170 g/mol. The predicted molar refractivity (Wildman–Crippen MR) is 45.8 cm³/mol. The Hall–Kier alpha value is -1.10. The Morgan fingerprint density at radius 1 is 1.42 bits per heavy atom. The van der Waals surface area contributed by atoms with E-state index < -0.39 is 0 Å². The lowest BCUT2D eigenvalue weighted by molar-refractivity contribution is 0.460. The summed E-state index contributed by atoms with van der Waals surface area (Å²) in [6, 6.07) is 0.880. The molecule has 5 heteroatoms. The number of hydrogen-bond donors (Lipinski definition) is 2. The maximum Gasteiger partial charge on any atom is 0.315 e. The maximum atomic E-state index is 5.19. The summed E-state index contributed by atoms with van der Waals surface area (Å²) in [4.78, 5) is 0. The quantitative estimate of drug-likeness (QED) is 0.693. The second-order valence-corrected chi connectivity index (χ2v) is 2.79. The highest BCUT2D eigenvalue weighted by Gasteiger charge is 2.03. The van der Waals surface area contributed by atoms with Gasteiger partial charge in [-0.2, -0.15) is 0 Å². The highest BCUT2D eigenvalue weighted by atomic mass is 16.4. The summed E-state index contributed by atoms with van der Waals surface area (Å²) in [6.07, 6.45) is 0. The summed E-state index contributed by atoms with van der Waals surface area (Å²) in [5.41, 5.74) is 0. The van der Waals surface area contributed by atoms with Crippen molar-refractivity contribution in [2.75, 3.05) is 12.4 Å². The summed E-state index contributed by atoms with van der Waals surface area (Å²) in [6.45, 7) is 4.75. The minimum absolute atomic E-state index is 0.426. The van der Waals surface area contributed by atoms with Crippen LogP contribution in [0, 0.1) is 0 Å². The van der Waals surface area contributed by atoms with Crippen molar-refractivity contribution < 1.29 is 4.42 Å². The fourth-order valence-corrected chi connectivity index (χ4v) is 0.718. The smallest absolute Gasteiger partial charge is 0.315 e. The molecule has 0 saturated heterocycles. The second-order valence-electron chi connectivity index (χ2n) is 2.79. The zero-order chi connectivity index (χ0) is 8.97. The third-order valence-electron chi connectivity index (χ3n) is 1.34. The van der Waals surface area contributed by atoms with E-state index in [0.717, 1.165) is 0 Å². The molecule has 2 N–H and O–H groups in total. The zero-order valence-corrected chi connectivity index (χ0v) is 7.59. The van der Waals surface area contributed by atoms with Gasteiger partial charge in [-0.1, -0.05) is 18.9 Å². The van der Waals surface area contributed by atoms with Crippen LogP contribution in [0.25, 0.3) is 0 Å². The third kappa shape index (κ3) is 2.50. The molecule has 0 aliphatic heterocycles. The number of nitrogens with one attached hydrogen (secondary N) is 2. The first-order valence-electron chi connectivity index (χ1n) is 3.96. The van der Waals surface area contributed by atoms with Crippen molar-refractivity contribution in [1.82, 2.24) is 15.5 Å². The first-order chi connectivity index (χ1) is 5.72. The van der Waals surface area contributed by atoms with E-state index in [2.05, 4.69) is 34.7 Å². The van der Waals surface area contributed by atoms with Crippen LogP contribution >= 0.6 is 0 Å². The maximum absolute atomic E-state index is 5.19. The average Bonchev–Trinajstić information content (AvgIpc) is 2.48. The first kappa shape index (κ1) is 8.99. The van der Waals surface area contributed by atoms with Crippen LogP contribution in [0.3, 0.4) is 0 Å². The molecule has 1 rings (SSSR count). The van der Waals surface area contributed by atoms with Gasteiger partial charge in [-0.05, 0) is 0 Å². The highest BCUT2D eigenvalue weighted by Crippen LogP contribution is 2.03. The Balaban J connectivity index is 2.41.